The molecule has 0 atom stereocenters. The van der Waals surface area contributed by atoms with Crippen LogP contribution < -0.4 is 9.62 Å². The Morgan fingerprint density at radius 2 is 1.89 bits per heavy atom. The molecule has 1 saturated heterocycles. The second kappa shape index (κ2) is 7.59. The average molecular weight is 410 g/mol. The maximum absolute atomic E-state index is 12.2. The summed E-state index contributed by atoms with van der Waals surface area (Å²) in [6.07, 6.45) is 2.67. The zero-order valence-electron chi connectivity index (χ0n) is 16.7. The molecule has 0 saturated carbocycles. The number of rotatable bonds is 4. The molecule has 10 heteroatoms. The molecule has 0 unspecified atom stereocenters. The molecular formula is C18H27N5O4S. The highest BCUT2D eigenvalue weighted by atomic mass is 32.2. The van der Waals surface area contributed by atoms with E-state index in [1.165, 1.54) is 0 Å². The average Bonchev–Trinajstić information content (AvgIpc) is 3.01. The van der Waals surface area contributed by atoms with Crippen molar-refractivity contribution in [2.24, 2.45) is 0 Å². The summed E-state index contributed by atoms with van der Waals surface area (Å²) in [6, 6.07) is 5.79. The largest absolute Gasteiger partial charge is 0.444 e. The van der Waals surface area contributed by atoms with E-state index in [0.717, 1.165) is 17.7 Å². The van der Waals surface area contributed by atoms with Crippen molar-refractivity contribution in [2.75, 3.05) is 37.3 Å². The van der Waals surface area contributed by atoms with Crippen molar-refractivity contribution in [2.45, 2.75) is 32.9 Å². The van der Waals surface area contributed by atoms with E-state index in [1.807, 2.05) is 49.6 Å². The second-order valence-corrected chi connectivity index (χ2v) is 9.73. The monoisotopic (exact) mass is 409 g/mol. The van der Waals surface area contributed by atoms with Crippen LogP contribution in [-0.4, -0.2) is 66.8 Å². The molecule has 28 heavy (non-hydrogen) atoms. The SMILES string of the molecule is CC(C)(C)OC(=O)N1CCN(c2cccc3nc(CNS(C)(=O)=O)cn23)CC1. The molecule has 0 spiro atoms. The third-order valence-corrected chi connectivity index (χ3v) is 4.96. The van der Waals surface area contributed by atoms with E-state index in [0.29, 0.717) is 31.9 Å². The number of imidazole rings is 1. The zero-order chi connectivity index (χ0) is 20.5. The fourth-order valence-electron chi connectivity index (χ4n) is 3.04. The lowest BCUT2D eigenvalue weighted by atomic mass is 10.2. The minimum absolute atomic E-state index is 0.145. The molecule has 0 bridgehead atoms. The molecule has 3 heterocycles. The molecule has 0 aliphatic carbocycles. The molecule has 9 nitrogen and oxygen atoms in total. The number of ether oxygens (including phenoxy) is 1. The van der Waals surface area contributed by atoms with Gasteiger partial charge in [0.05, 0.1) is 18.5 Å². The van der Waals surface area contributed by atoms with Crippen molar-refractivity contribution < 1.29 is 17.9 Å². The first-order valence-electron chi connectivity index (χ1n) is 9.16. The molecule has 2 aromatic heterocycles. The van der Waals surface area contributed by atoms with Gasteiger partial charge in [0, 0.05) is 32.4 Å². The number of hydrogen-bond donors (Lipinski definition) is 1. The Balaban J connectivity index is 1.71. The van der Waals surface area contributed by atoms with Crippen LogP contribution in [0.15, 0.2) is 24.4 Å². The molecule has 1 fully saturated rings. The Hall–Kier alpha value is -2.33. The first kappa shape index (κ1) is 20.4. The lowest BCUT2D eigenvalue weighted by Gasteiger charge is -2.36. The van der Waals surface area contributed by atoms with Crippen molar-refractivity contribution in [3.8, 4) is 0 Å². The Morgan fingerprint density at radius 3 is 2.50 bits per heavy atom. The van der Waals surface area contributed by atoms with Crippen LogP contribution in [-0.2, 0) is 21.3 Å². The van der Waals surface area contributed by atoms with Crippen molar-refractivity contribution in [3.63, 3.8) is 0 Å². The molecule has 0 radical (unpaired) electrons. The highest BCUT2D eigenvalue weighted by molar-refractivity contribution is 7.88. The molecule has 1 aliphatic heterocycles. The van der Waals surface area contributed by atoms with E-state index >= 15 is 0 Å². The standard InChI is InChI=1S/C18H27N5O4S/c1-18(2,3)27-17(24)22-10-8-21(9-11-22)16-7-5-6-15-20-14(13-23(15)16)12-19-28(4,25)26/h5-7,13,19H,8-12H2,1-4H3. The van der Waals surface area contributed by atoms with E-state index in [1.54, 1.807) is 4.90 Å². The minimum Gasteiger partial charge on any atom is -0.444 e. The summed E-state index contributed by atoms with van der Waals surface area (Å²) in [4.78, 5) is 20.6. The number of aromatic nitrogens is 2. The highest BCUT2D eigenvalue weighted by Gasteiger charge is 2.26. The molecule has 154 valence electrons. The van der Waals surface area contributed by atoms with Crippen LogP contribution in [0.4, 0.5) is 10.6 Å². The van der Waals surface area contributed by atoms with Crippen molar-refractivity contribution in [1.82, 2.24) is 19.0 Å². The molecule has 3 rings (SSSR count). The van der Waals surface area contributed by atoms with Crippen LogP contribution in [0.5, 0.6) is 0 Å². The van der Waals surface area contributed by atoms with Crippen molar-refractivity contribution in [3.05, 3.63) is 30.1 Å². The van der Waals surface area contributed by atoms with Gasteiger partial charge in [0.15, 0.2) is 0 Å². The van der Waals surface area contributed by atoms with Crippen molar-refractivity contribution >= 4 is 27.6 Å². The predicted octanol–water partition coefficient (Wildman–Crippen LogP) is 1.44. The Kier molecular flexibility index (Phi) is 5.53. The Bertz CT molecular complexity index is 956. The fraction of sp³-hybridized carbons (Fsp3) is 0.556. The van der Waals surface area contributed by atoms with E-state index in [-0.39, 0.29) is 12.6 Å². The molecule has 0 aromatic carbocycles. The molecule has 2 aromatic rings. The maximum Gasteiger partial charge on any atom is 0.410 e. The lowest BCUT2D eigenvalue weighted by Crippen LogP contribution is -2.50. The zero-order valence-corrected chi connectivity index (χ0v) is 17.5. The van der Waals surface area contributed by atoms with Crippen molar-refractivity contribution in [1.29, 1.82) is 0 Å². The highest BCUT2D eigenvalue weighted by Crippen LogP contribution is 2.20. The third-order valence-electron chi connectivity index (χ3n) is 4.29. The number of pyridine rings is 1. The quantitative estimate of drug-likeness (QED) is 0.821. The Labute approximate surface area is 165 Å². The molecule has 1 amide bonds. The summed E-state index contributed by atoms with van der Waals surface area (Å²) in [5.41, 5.74) is 0.884. The number of nitrogens with one attached hydrogen (secondary N) is 1. The molecule has 1 aliphatic rings. The molecular weight excluding hydrogens is 382 g/mol. The van der Waals surface area contributed by atoms with Gasteiger partial charge in [0.2, 0.25) is 10.0 Å². The van der Waals surface area contributed by atoms with E-state index < -0.39 is 15.6 Å². The smallest absolute Gasteiger partial charge is 0.410 e. The normalized spacial score (nSPS) is 15.9. The summed E-state index contributed by atoms with van der Waals surface area (Å²) >= 11 is 0. The van der Waals surface area contributed by atoms with Gasteiger partial charge in [-0.2, -0.15) is 0 Å². The number of nitrogens with zero attached hydrogens (tertiary/aromatic N) is 4. The summed E-state index contributed by atoms with van der Waals surface area (Å²) < 4.78 is 32.5. The van der Waals surface area contributed by atoms with Crippen LogP contribution >= 0.6 is 0 Å². The summed E-state index contributed by atoms with van der Waals surface area (Å²) in [7, 11) is -3.28. The summed E-state index contributed by atoms with van der Waals surface area (Å²) in [5.74, 6) is 0.958. The summed E-state index contributed by atoms with van der Waals surface area (Å²) in [6.45, 7) is 8.21. The van der Waals surface area contributed by atoms with Gasteiger partial charge in [-0.3, -0.25) is 4.40 Å². The Morgan fingerprint density at radius 1 is 1.21 bits per heavy atom. The second-order valence-electron chi connectivity index (χ2n) is 7.89. The number of carbonyl (C=O) groups excluding carboxylic acids is 1. The fourth-order valence-corrected chi connectivity index (χ4v) is 3.45. The number of hydrogen-bond acceptors (Lipinski definition) is 6. The van der Waals surface area contributed by atoms with E-state index in [9.17, 15) is 13.2 Å². The van der Waals surface area contributed by atoms with Gasteiger partial charge in [-0.1, -0.05) is 6.07 Å². The lowest BCUT2D eigenvalue weighted by molar-refractivity contribution is 0.0240. The number of amides is 1. The van der Waals surface area contributed by atoms with Gasteiger partial charge in [0.25, 0.3) is 0 Å². The number of piperazine rings is 1. The van der Waals surface area contributed by atoms with Gasteiger partial charge >= 0.3 is 6.09 Å². The number of anilines is 1. The minimum atomic E-state index is -3.28. The van der Waals surface area contributed by atoms with Crippen LogP contribution in [0.1, 0.15) is 26.5 Å². The summed E-state index contributed by atoms with van der Waals surface area (Å²) in [5, 5.41) is 0. The van der Waals surface area contributed by atoms with E-state index in [2.05, 4.69) is 14.6 Å². The number of fused-ring (bicyclic) bond motifs is 1. The first-order chi connectivity index (χ1) is 13.0. The number of sulfonamides is 1. The van der Waals surface area contributed by atoms with Gasteiger partial charge in [0.1, 0.15) is 17.1 Å². The van der Waals surface area contributed by atoms with Crippen LogP contribution in [0.2, 0.25) is 0 Å². The number of carbonyl (C=O) groups is 1. The van der Waals surface area contributed by atoms with E-state index in [4.69, 9.17) is 4.74 Å². The van der Waals surface area contributed by atoms with Gasteiger partial charge < -0.3 is 14.5 Å². The molecule has 1 N–H and O–H groups in total. The first-order valence-corrected chi connectivity index (χ1v) is 11.1. The van der Waals surface area contributed by atoms with Gasteiger partial charge in [-0.15, -0.1) is 0 Å². The van der Waals surface area contributed by atoms with Crippen LogP contribution in [0, 0.1) is 0 Å². The van der Waals surface area contributed by atoms with Crippen LogP contribution in [0.25, 0.3) is 5.65 Å². The third kappa shape index (κ3) is 5.14. The predicted molar refractivity (Wildman–Crippen MR) is 107 cm³/mol. The van der Waals surface area contributed by atoms with Crippen LogP contribution in [0.3, 0.4) is 0 Å². The van der Waals surface area contributed by atoms with Gasteiger partial charge in [-0.25, -0.2) is 22.9 Å². The maximum atomic E-state index is 12.2. The van der Waals surface area contributed by atoms with Gasteiger partial charge in [-0.05, 0) is 32.9 Å². The topological polar surface area (TPSA) is 96.2 Å².